The minimum atomic E-state index is 0.221. The fraction of sp³-hybridized carbons (Fsp3) is 0.632. The van der Waals surface area contributed by atoms with Gasteiger partial charge in [-0.15, -0.1) is 0 Å². The molecule has 4 heteroatoms. The second-order valence-electron chi connectivity index (χ2n) is 7.09. The van der Waals surface area contributed by atoms with Crippen molar-refractivity contribution in [3.8, 4) is 5.75 Å². The SMILES string of the molecule is CC(C)c1ccc(OCCC(=O)N2CCC3CCC(C2)N3)cc1. The Morgan fingerprint density at radius 3 is 2.70 bits per heavy atom. The summed E-state index contributed by atoms with van der Waals surface area (Å²) < 4.78 is 5.73. The number of nitrogens with zero attached hydrogens (tertiary/aromatic N) is 1. The largest absolute Gasteiger partial charge is 0.493 e. The molecule has 2 bridgehead atoms. The molecule has 0 aliphatic carbocycles. The van der Waals surface area contributed by atoms with Crippen molar-refractivity contribution in [2.75, 3.05) is 19.7 Å². The highest BCUT2D eigenvalue weighted by Gasteiger charge is 2.30. The molecule has 2 fully saturated rings. The minimum Gasteiger partial charge on any atom is -0.493 e. The van der Waals surface area contributed by atoms with E-state index in [4.69, 9.17) is 4.74 Å². The molecule has 2 aliphatic heterocycles. The number of hydrogen-bond acceptors (Lipinski definition) is 3. The summed E-state index contributed by atoms with van der Waals surface area (Å²) in [6.45, 7) is 6.56. The van der Waals surface area contributed by atoms with E-state index in [2.05, 4.69) is 31.3 Å². The number of rotatable bonds is 5. The maximum Gasteiger partial charge on any atom is 0.226 e. The predicted molar refractivity (Wildman–Crippen MR) is 91.8 cm³/mol. The molecule has 1 aromatic rings. The first-order valence-corrected chi connectivity index (χ1v) is 8.88. The summed E-state index contributed by atoms with van der Waals surface area (Å²) >= 11 is 0. The average Bonchev–Trinajstić information content (AvgIpc) is 2.86. The molecule has 1 N–H and O–H groups in total. The second kappa shape index (κ2) is 7.35. The van der Waals surface area contributed by atoms with Gasteiger partial charge in [-0.1, -0.05) is 26.0 Å². The molecule has 2 saturated heterocycles. The maximum atomic E-state index is 12.4. The highest BCUT2D eigenvalue weighted by Crippen LogP contribution is 2.21. The Labute approximate surface area is 139 Å². The number of benzene rings is 1. The Balaban J connectivity index is 1.43. The summed E-state index contributed by atoms with van der Waals surface area (Å²) in [6.07, 6.45) is 4.01. The summed E-state index contributed by atoms with van der Waals surface area (Å²) in [4.78, 5) is 14.4. The lowest BCUT2D eigenvalue weighted by atomic mass is 10.0. The second-order valence-corrected chi connectivity index (χ2v) is 7.09. The van der Waals surface area contributed by atoms with Gasteiger partial charge in [0.2, 0.25) is 5.91 Å². The zero-order chi connectivity index (χ0) is 16.2. The monoisotopic (exact) mass is 316 g/mol. The fourth-order valence-electron chi connectivity index (χ4n) is 3.53. The van der Waals surface area contributed by atoms with E-state index in [1.807, 2.05) is 17.0 Å². The highest BCUT2D eigenvalue weighted by atomic mass is 16.5. The van der Waals surface area contributed by atoms with E-state index in [1.54, 1.807) is 0 Å². The zero-order valence-corrected chi connectivity index (χ0v) is 14.3. The van der Waals surface area contributed by atoms with Crippen LogP contribution in [0, 0.1) is 0 Å². The number of carbonyl (C=O) groups excluding carboxylic acids is 1. The Bertz CT molecular complexity index is 527. The molecule has 0 aromatic heterocycles. The summed E-state index contributed by atoms with van der Waals surface area (Å²) in [6, 6.07) is 9.30. The lowest BCUT2D eigenvalue weighted by molar-refractivity contribution is -0.131. The third-order valence-electron chi connectivity index (χ3n) is 5.01. The van der Waals surface area contributed by atoms with Crippen LogP contribution in [0.25, 0.3) is 0 Å². The molecule has 2 atom stereocenters. The molecule has 4 nitrogen and oxygen atoms in total. The lowest BCUT2D eigenvalue weighted by Crippen LogP contribution is -2.39. The molecular formula is C19H28N2O2. The number of hydrogen-bond donors (Lipinski definition) is 1. The molecule has 23 heavy (non-hydrogen) atoms. The van der Waals surface area contributed by atoms with Crippen LogP contribution in [-0.4, -0.2) is 42.6 Å². The molecule has 2 aliphatic rings. The summed E-state index contributed by atoms with van der Waals surface area (Å²) in [7, 11) is 0. The molecule has 126 valence electrons. The van der Waals surface area contributed by atoms with Gasteiger partial charge in [0.15, 0.2) is 0 Å². The molecule has 3 rings (SSSR count). The van der Waals surface area contributed by atoms with Crippen LogP contribution in [-0.2, 0) is 4.79 Å². The van der Waals surface area contributed by atoms with Crippen molar-refractivity contribution >= 4 is 5.91 Å². The lowest BCUT2D eigenvalue weighted by Gasteiger charge is -2.24. The molecule has 1 amide bonds. The van der Waals surface area contributed by atoms with Crippen molar-refractivity contribution < 1.29 is 9.53 Å². The fourth-order valence-corrected chi connectivity index (χ4v) is 3.53. The van der Waals surface area contributed by atoms with E-state index < -0.39 is 0 Å². The van der Waals surface area contributed by atoms with Crippen LogP contribution in [0.4, 0.5) is 0 Å². The molecule has 2 heterocycles. The molecular weight excluding hydrogens is 288 g/mol. The van der Waals surface area contributed by atoms with Crippen LogP contribution < -0.4 is 10.1 Å². The van der Waals surface area contributed by atoms with E-state index in [-0.39, 0.29) is 5.91 Å². The molecule has 1 aromatic carbocycles. The van der Waals surface area contributed by atoms with Crippen LogP contribution in [0.15, 0.2) is 24.3 Å². The van der Waals surface area contributed by atoms with Gasteiger partial charge in [0.05, 0.1) is 13.0 Å². The Morgan fingerprint density at radius 1 is 1.22 bits per heavy atom. The van der Waals surface area contributed by atoms with Crippen molar-refractivity contribution in [1.29, 1.82) is 0 Å². The van der Waals surface area contributed by atoms with Crippen LogP contribution >= 0.6 is 0 Å². The number of nitrogens with one attached hydrogen (secondary N) is 1. The van der Waals surface area contributed by atoms with E-state index in [1.165, 1.54) is 18.4 Å². The third-order valence-corrected chi connectivity index (χ3v) is 5.01. The molecule has 0 spiro atoms. The highest BCUT2D eigenvalue weighted by molar-refractivity contribution is 5.76. The van der Waals surface area contributed by atoms with Gasteiger partial charge in [-0.2, -0.15) is 0 Å². The van der Waals surface area contributed by atoms with Gasteiger partial charge in [0.1, 0.15) is 5.75 Å². The summed E-state index contributed by atoms with van der Waals surface area (Å²) in [5.74, 6) is 1.59. The van der Waals surface area contributed by atoms with Crippen molar-refractivity contribution in [3.05, 3.63) is 29.8 Å². The molecule has 0 saturated carbocycles. The molecule has 0 radical (unpaired) electrons. The predicted octanol–water partition coefficient (Wildman–Crippen LogP) is 2.93. The van der Waals surface area contributed by atoms with Gasteiger partial charge < -0.3 is 15.0 Å². The maximum absolute atomic E-state index is 12.4. The van der Waals surface area contributed by atoms with Crippen LogP contribution in [0.1, 0.15) is 51.0 Å². The first kappa shape index (κ1) is 16.3. The first-order chi connectivity index (χ1) is 11.1. The summed E-state index contributed by atoms with van der Waals surface area (Å²) in [5, 5.41) is 3.61. The van der Waals surface area contributed by atoms with Gasteiger partial charge in [0, 0.05) is 25.2 Å². The van der Waals surface area contributed by atoms with E-state index in [0.717, 1.165) is 25.3 Å². The van der Waals surface area contributed by atoms with Gasteiger partial charge in [-0.05, 0) is 42.9 Å². The van der Waals surface area contributed by atoms with Gasteiger partial charge >= 0.3 is 0 Å². The van der Waals surface area contributed by atoms with E-state index in [9.17, 15) is 4.79 Å². The minimum absolute atomic E-state index is 0.221. The topological polar surface area (TPSA) is 41.6 Å². The number of ether oxygens (including phenoxy) is 1. The quantitative estimate of drug-likeness (QED) is 0.908. The molecule has 2 unspecified atom stereocenters. The average molecular weight is 316 g/mol. The van der Waals surface area contributed by atoms with Gasteiger partial charge in [-0.25, -0.2) is 0 Å². The van der Waals surface area contributed by atoms with E-state index >= 15 is 0 Å². The van der Waals surface area contributed by atoms with Crippen molar-refractivity contribution in [2.45, 2.75) is 57.5 Å². The Hall–Kier alpha value is -1.55. The van der Waals surface area contributed by atoms with Crippen molar-refractivity contribution in [2.24, 2.45) is 0 Å². The zero-order valence-electron chi connectivity index (χ0n) is 14.3. The van der Waals surface area contributed by atoms with Crippen molar-refractivity contribution in [1.82, 2.24) is 10.2 Å². The van der Waals surface area contributed by atoms with Gasteiger partial charge in [0.25, 0.3) is 0 Å². The van der Waals surface area contributed by atoms with E-state index in [0.29, 0.717) is 31.0 Å². The third kappa shape index (κ3) is 4.25. The first-order valence-electron chi connectivity index (χ1n) is 8.88. The number of carbonyl (C=O) groups is 1. The van der Waals surface area contributed by atoms with Gasteiger partial charge in [-0.3, -0.25) is 4.79 Å². The number of fused-ring (bicyclic) bond motifs is 2. The van der Waals surface area contributed by atoms with Crippen LogP contribution in [0.3, 0.4) is 0 Å². The Morgan fingerprint density at radius 2 is 1.96 bits per heavy atom. The summed E-state index contributed by atoms with van der Waals surface area (Å²) in [5.41, 5.74) is 1.31. The normalized spacial score (nSPS) is 23.9. The number of likely N-dealkylation sites (tertiary alicyclic amines) is 1. The number of amides is 1. The van der Waals surface area contributed by atoms with Crippen LogP contribution in [0.5, 0.6) is 5.75 Å². The van der Waals surface area contributed by atoms with Crippen LogP contribution in [0.2, 0.25) is 0 Å². The Kier molecular flexibility index (Phi) is 5.21. The van der Waals surface area contributed by atoms with Crippen molar-refractivity contribution in [3.63, 3.8) is 0 Å². The smallest absolute Gasteiger partial charge is 0.226 e. The standard InChI is InChI=1S/C19H28N2O2/c1-14(2)15-3-7-18(8-4-15)23-12-10-19(22)21-11-9-16-5-6-17(13-21)20-16/h3-4,7-8,14,16-17,20H,5-6,9-13H2,1-2H3.